The number of piperidine rings is 1. The lowest BCUT2D eigenvalue weighted by atomic mass is 9.90. The van der Waals surface area contributed by atoms with Crippen LogP contribution in [0.2, 0.25) is 0 Å². The van der Waals surface area contributed by atoms with Gasteiger partial charge in [0, 0.05) is 42.7 Å². The Hall–Kier alpha value is -2.40. The molecule has 1 aliphatic rings. The maximum absolute atomic E-state index is 12.9. The van der Waals surface area contributed by atoms with Crippen LogP contribution in [-0.2, 0) is 6.61 Å². The summed E-state index contributed by atoms with van der Waals surface area (Å²) >= 11 is 0. The molecule has 5 heteroatoms. The zero-order chi connectivity index (χ0) is 17.6. The van der Waals surface area contributed by atoms with Crippen molar-refractivity contribution in [1.82, 2.24) is 9.88 Å². The SMILES string of the molecule is CC1CCCN(C(=O)c2cccc(OCc3cccnc3)c2)C1CN. The lowest BCUT2D eigenvalue weighted by Gasteiger charge is -2.39. The monoisotopic (exact) mass is 339 g/mol. The molecule has 2 heterocycles. The van der Waals surface area contributed by atoms with Gasteiger partial charge in [-0.1, -0.05) is 19.1 Å². The molecule has 2 unspecified atom stereocenters. The topological polar surface area (TPSA) is 68.5 Å². The van der Waals surface area contributed by atoms with Crippen LogP contribution >= 0.6 is 0 Å². The zero-order valence-electron chi connectivity index (χ0n) is 14.6. The second-order valence-corrected chi connectivity index (χ2v) is 6.60. The number of aromatic nitrogens is 1. The highest BCUT2D eigenvalue weighted by Gasteiger charge is 2.31. The first-order chi connectivity index (χ1) is 12.2. The van der Waals surface area contributed by atoms with Gasteiger partial charge in [-0.3, -0.25) is 9.78 Å². The molecule has 0 spiro atoms. The van der Waals surface area contributed by atoms with Crippen molar-refractivity contribution in [2.75, 3.05) is 13.1 Å². The molecule has 3 rings (SSSR count). The molecule has 25 heavy (non-hydrogen) atoms. The summed E-state index contributed by atoms with van der Waals surface area (Å²) in [7, 11) is 0. The molecule has 1 aliphatic heterocycles. The van der Waals surface area contributed by atoms with E-state index in [1.165, 1.54) is 0 Å². The van der Waals surface area contributed by atoms with Gasteiger partial charge in [-0.2, -0.15) is 0 Å². The molecule has 132 valence electrons. The predicted octanol–water partition coefficient (Wildman–Crippen LogP) is 2.86. The van der Waals surface area contributed by atoms with E-state index in [0.29, 0.717) is 30.4 Å². The number of rotatable bonds is 5. The van der Waals surface area contributed by atoms with E-state index in [1.807, 2.05) is 41.3 Å². The first kappa shape index (κ1) is 17.4. The molecule has 1 saturated heterocycles. The molecule has 0 saturated carbocycles. The first-order valence-corrected chi connectivity index (χ1v) is 8.82. The molecular weight excluding hydrogens is 314 g/mol. The highest BCUT2D eigenvalue weighted by molar-refractivity contribution is 5.95. The van der Waals surface area contributed by atoms with E-state index in [2.05, 4.69) is 11.9 Å². The maximum Gasteiger partial charge on any atom is 0.254 e. The highest BCUT2D eigenvalue weighted by atomic mass is 16.5. The molecule has 1 amide bonds. The lowest BCUT2D eigenvalue weighted by molar-refractivity contribution is 0.0532. The summed E-state index contributed by atoms with van der Waals surface area (Å²) in [6.45, 7) is 3.87. The van der Waals surface area contributed by atoms with Crippen LogP contribution in [0.1, 0.15) is 35.7 Å². The molecule has 0 radical (unpaired) electrons. The number of carbonyl (C=O) groups is 1. The molecule has 0 bridgehead atoms. The Bertz CT molecular complexity index is 705. The number of ether oxygens (including phenoxy) is 1. The summed E-state index contributed by atoms with van der Waals surface area (Å²) < 4.78 is 5.81. The van der Waals surface area contributed by atoms with Gasteiger partial charge in [-0.05, 0) is 43.0 Å². The summed E-state index contributed by atoms with van der Waals surface area (Å²) in [6, 6.07) is 11.3. The van der Waals surface area contributed by atoms with Crippen molar-refractivity contribution in [3.63, 3.8) is 0 Å². The summed E-state index contributed by atoms with van der Waals surface area (Å²) in [6.07, 6.45) is 5.66. The van der Waals surface area contributed by atoms with E-state index in [0.717, 1.165) is 24.9 Å². The van der Waals surface area contributed by atoms with Gasteiger partial charge in [-0.25, -0.2) is 0 Å². The standard InChI is InChI=1S/C20H25N3O2/c1-15-5-4-10-23(19(15)12-21)20(24)17-7-2-8-18(11-17)25-14-16-6-3-9-22-13-16/h2-3,6-9,11,13,15,19H,4-5,10,12,14,21H2,1H3. The lowest BCUT2D eigenvalue weighted by Crippen LogP contribution is -2.51. The third-order valence-corrected chi connectivity index (χ3v) is 4.83. The van der Waals surface area contributed by atoms with E-state index in [1.54, 1.807) is 12.4 Å². The molecule has 2 aromatic rings. The minimum absolute atomic E-state index is 0.0360. The molecule has 0 aliphatic carbocycles. The third-order valence-electron chi connectivity index (χ3n) is 4.83. The van der Waals surface area contributed by atoms with Crippen LogP contribution in [0.15, 0.2) is 48.8 Å². The Morgan fingerprint density at radius 1 is 1.36 bits per heavy atom. The minimum atomic E-state index is 0.0360. The molecule has 5 nitrogen and oxygen atoms in total. The fourth-order valence-electron chi connectivity index (χ4n) is 3.40. The quantitative estimate of drug-likeness (QED) is 0.909. The Morgan fingerprint density at radius 2 is 2.24 bits per heavy atom. The molecule has 1 fully saturated rings. The number of pyridine rings is 1. The fraction of sp³-hybridized carbons (Fsp3) is 0.400. The normalized spacial score (nSPS) is 20.3. The smallest absolute Gasteiger partial charge is 0.254 e. The van der Waals surface area contributed by atoms with Gasteiger partial charge in [-0.15, -0.1) is 0 Å². The number of amides is 1. The van der Waals surface area contributed by atoms with Gasteiger partial charge in [0.2, 0.25) is 0 Å². The maximum atomic E-state index is 12.9. The predicted molar refractivity (Wildman–Crippen MR) is 97.3 cm³/mol. The second-order valence-electron chi connectivity index (χ2n) is 6.60. The van der Waals surface area contributed by atoms with E-state index < -0.39 is 0 Å². The van der Waals surface area contributed by atoms with Crippen molar-refractivity contribution >= 4 is 5.91 Å². The van der Waals surface area contributed by atoms with E-state index >= 15 is 0 Å². The number of nitrogens with zero attached hydrogens (tertiary/aromatic N) is 2. The summed E-state index contributed by atoms with van der Waals surface area (Å²) in [5.74, 6) is 1.16. The average molecular weight is 339 g/mol. The van der Waals surface area contributed by atoms with E-state index in [-0.39, 0.29) is 11.9 Å². The Morgan fingerprint density at radius 3 is 3.00 bits per heavy atom. The zero-order valence-corrected chi connectivity index (χ0v) is 14.6. The van der Waals surface area contributed by atoms with Crippen molar-refractivity contribution in [3.05, 3.63) is 59.9 Å². The fourth-order valence-corrected chi connectivity index (χ4v) is 3.40. The largest absolute Gasteiger partial charge is 0.489 e. The summed E-state index contributed by atoms with van der Waals surface area (Å²) in [5, 5.41) is 0. The second kappa shape index (κ2) is 8.12. The van der Waals surface area contributed by atoms with Crippen molar-refractivity contribution in [1.29, 1.82) is 0 Å². The number of hydrogen-bond donors (Lipinski definition) is 1. The van der Waals surface area contributed by atoms with E-state index in [4.69, 9.17) is 10.5 Å². The van der Waals surface area contributed by atoms with Crippen molar-refractivity contribution in [3.8, 4) is 5.75 Å². The number of likely N-dealkylation sites (tertiary alicyclic amines) is 1. The molecule has 2 N–H and O–H groups in total. The number of carbonyl (C=O) groups excluding carboxylic acids is 1. The van der Waals surface area contributed by atoms with Crippen molar-refractivity contribution < 1.29 is 9.53 Å². The average Bonchev–Trinajstić information content (AvgIpc) is 2.66. The minimum Gasteiger partial charge on any atom is -0.489 e. The molecule has 1 aromatic heterocycles. The van der Waals surface area contributed by atoms with Gasteiger partial charge in [0.1, 0.15) is 12.4 Å². The van der Waals surface area contributed by atoms with Crippen LogP contribution in [0, 0.1) is 5.92 Å². The van der Waals surface area contributed by atoms with Crippen molar-refractivity contribution in [2.24, 2.45) is 11.7 Å². The molecule has 1 aromatic carbocycles. The molecule has 2 atom stereocenters. The van der Waals surface area contributed by atoms with Gasteiger partial charge in [0.05, 0.1) is 0 Å². The number of hydrogen-bond acceptors (Lipinski definition) is 4. The van der Waals surface area contributed by atoms with Crippen LogP contribution in [-0.4, -0.2) is 34.9 Å². The Balaban J connectivity index is 1.71. The van der Waals surface area contributed by atoms with Crippen molar-refractivity contribution in [2.45, 2.75) is 32.4 Å². The number of nitrogens with two attached hydrogens (primary N) is 1. The molecular formula is C20H25N3O2. The Labute approximate surface area is 148 Å². The van der Waals surface area contributed by atoms with Gasteiger partial charge in [0.15, 0.2) is 0 Å². The summed E-state index contributed by atoms with van der Waals surface area (Å²) in [5.41, 5.74) is 7.56. The van der Waals surface area contributed by atoms with Gasteiger partial charge in [0.25, 0.3) is 5.91 Å². The van der Waals surface area contributed by atoms with Crippen LogP contribution in [0.4, 0.5) is 0 Å². The van der Waals surface area contributed by atoms with E-state index in [9.17, 15) is 4.79 Å². The van der Waals surface area contributed by atoms with Crippen LogP contribution in [0.25, 0.3) is 0 Å². The highest BCUT2D eigenvalue weighted by Crippen LogP contribution is 2.25. The van der Waals surface area contributed by atoms with Gasteiger partial charge >= 0.3 is 0 Å². The van der Waals surface area contributed by atoms with Crippen LogP contribution in [0.3, 0.4) is 0 Å². The summed E-state index contributed by atoms with van der Waals surface area (Å²) in [4.78, 5) is 18.9. The first-order valence-electron chi connectivity index (χ1n) is 8.82. The Kier molecular flexibility index (Phi) is 5.66. The van der Waals surface area contributed by atoms with Crippen LogP contribution < -0.4 is 10.5 Å². The number of benzene rings is 1. The van der Waals surface area contributed by atoms with Gasteiger partial charge < -0.3 is 15.4 Å². The third kappa shape index (κ3) is 4.17. The van der Waals surface area contributed by atoms with Crippen LogP contribution in [0.5, 0.6) is 5.75 Å².